The Morgan fingerprint density at radius 3 is 2.04 bits per heavy atom. The van der Waals surface area contributed by atoms with E-state index in [0.717, 1.165) is 53.8 Å². The molecule has 2 aliphatic rings. The number of rotatable bonds is 14. The summed E-state index contributed by atoms with van der Waals surface area (Å²) >= 11 is 4.00. The highest BCUT2D eigenvalue weighted by Gasteiger charge is 2.46. The van der Waals surface area contributed by atoms with Crippen molar-refractivity contribution in [2.24, 2.45) is 0 Å². The molecular weight excluding hydrogens is 776 g/mol. The maximum atomic E-state index is 15.4. The number of hydrogen-bond acceptors (Lipinski definition) is 9. The highest BCUT2D eigenvalue weighted by molar-refractivity contribution is 9.10. The van der Waals surface area contributed by atoms with E-state index in [4.69, 9.17) is 24.3 Å². The zero-order valence-corrected chi connectivity index (χ0v) is 37.1. The van der Waals surface area contributed by atoms with Gasteiger partial charge in [-0.05, 0) is 94.4 Å². The number of aliphatic hydroxyl groups is 1. The number of carbonyl (C=O) groups excluding carboxylic acids is 1. The molecule has 53 heavy (non-hydrogen) atoms. The summed E-state index contributed by atoms with van der Waals surface area (Å²) in [5.74, 6) is 0.161. The smallest absolute Gasteiger partial charge is 0.410 e. The van der Waals surface area contributed by atoms with Crippen LogP contribution in [0, 0.1) is 5.82 Å². The Labute approximate surface area is 325 Å². The Morgan fingerprint density at radius 2 is 1.55 bits per heavy atom. The second-order valence-corrected chi connectivity index (χ2v) is 30.8. The van der Waals surface area contributed by atoms with Gasteiger partial charge < -0.3 is 29.1 Å². The summed E-state index contributed by atoms with van der Waals surface area (Å²) in [6, 6.07) is 3.51. The van der Waals surface area contributed by atoms with Crippen LogP contribution in [0.4, 0.5) is 15.0 Å². The molecule has 11 nitrogen and oxygen atoms in total. The van der Waals surface area contributed by atoms with E-state index in [1.807, 2.05) is 25.7 Å². The molecule has 2 bridgehead atoms. The minimum absolute atomic E-state index is 0.0286. The van der Waals surface area contributed by atoms with E-state index >= 15 is 4.39 Å². The third-order valence-corrected chi connectivity index (χ3v) is 14.0. The molecule has 2 saturated heterocycles. The van der Waals surface area contributed by atoms with Crippen molar-refractivity contribution in [3.8, 4) is 11.1 Å². The van der Waals surface area contributed by atoms with Crippen molar-refractivity contribution < 1.29 is 28.5 Å². The predicted molar refractivity (Wildman–Crippen MR) is 216 cm³/mol. The third kappa shape index (κ3) is 10.5. The average molecular weight is 836 g/mol. The fourth-order valence-corrected chi connectivity index (χ4v) is 9.38. The molecule has 0 saturated carbocycles. The number of halogens is 2. The average Bonchev–Trinajstić information content (AvgIpc) is 3.55. The maximum Gasteiger partial charge on any atom is 0.410 e. The predicted octanol–water partition coefficient (Wildman–Crippen LogP) is 9.00. The molecule has 0 radical (unpaired) electrons. The molecule has 1 amide bonds. The standard InChI is InChI=1S/C38H60BrFN6O5Si2/c1-37(2,3)51-36(47)45-27-12-13-28(45)19-25(18-27)32-31(39)35(44(23-49-14-16-52(6,7)8)24-50-15-17-53(9,10)11)46-34(43-32)29(22-42-46)26-20-30(40)33(41-21-26)38(4,5)48/h20-22,25,27-28,48H,12-19,23-24H2,1-11H3/t25-,27+,28-. The van der Waals surface area contributed by atoms with Gasteiger partial charge in [0.05, 0.1) is 16.4 Å². The number of ether oxygens (including phenoxy) is 3. The lowest BCUT2D eigenvalue weighted by Gasteiger charge is -2.39. The summed E-state index contributed by atoms with van der Waals surface area (Å²) < 4.78 is 36.5. The first-order chi connectivity index (χ1) is 24.5. The van der Waals surface area contributed by atoms with Crippen molar-refractivity contribution >= 4 is 49.6 Å². The van der Waals surface area contributed by atoms with E-state index in [1.54, 1.807) is 16.9 Å². The Morgan fingerprint density at radius 1 is 0.981 bits per heavy atom. The van der Waals surface area contributed by atoms with E-state index in [0.29, 0.717) is 30.0 Å². The molecule has 5 heterocycles. The Bertz CT molecular complexity index is 1730. The van der Waals surface area contributed by atoms with Gasteiger partial charge in [0.2, 0.25) is 0 Å². The normalized spacial score (nSPS) is 19.7. The quantitative estimate of drug-likeness (QED) is 0.0966. The van der Waals surface area contributed by atoms with Crippen molar-refractivity contribution in [3.05, 3.63) is 40.1 Å². The SMILES string of the molecule is CC(C)(C)OC(=O)N1[C@@H]2CC[C@H]1C[C@@H](c1nc3c(-c4cnc(C(C)(C)O)c(F)c4)cnn3c(N(COCC[Si](C)(C)C)COCC[Si](C)(C)C)c1Br)C2. The topological polar surface area (TPSA) is 115 Å². The molecule has 2 aliphatic heterocycles. The fraction of sp³-hybridized carbons (Fsp3) is 0.684. The van der Waals surface area contributed by atoms with Gasteiger partial charge in [0.15, 0.2) is 11.5 Å². The van der Waals surface area contributed by atoms with Crippen LogP contribution in [0.1, 0.15) is 77.6 Å². The van der Waals surface area contributed by atoms with E-state index < -0.39 is 33.2 Å². The minimum atomic E-state index is -1.44. The molecule has 3 aromatic rings. The molecule has 15 heteroatoms. The lowest BCUT2D eigenvalue weighted by atomic mass is 9.88. The largest absolute Gasteiger partial charge is 0.444 e. The van der Waals surface area contributed by atoms with Crippen LogP contribution in [0.25, 0.3) is 16.8 Å². The number of amides is 1. The van der Waals surface area contributed by atoms with E-state index in [9.17, 15) is 9.90 Å². The first-order valence-corrected chi connectivity index (χ1v) is 27.1. The maximum absolute atomic E-state index is 15.4. The summed E-state index contributed by atoms with van der Waals surface area (Å²) in [5, 5.41) is 15.3. The van der Waals surface area contributed by atoms with Crippen LogP contribution in [-0.2, 0) is 19.8 Å². The van der Waals surface area contributed by atoms with Gasteiger partial charge in [0.25, 0.3) is 0 Å². The minimum Gasteiger partial charge on any atom is -0.444 e. The van der Waals surface area contributed by atoms with Crippen molar-refractivity contribution in [1.82, 2.24) is 24.5 Å². The summed E-state index contributed by atoms with van der Waals surface area (Å²) in [4.78, 5) is 27.0. The summed E-state index contributed by atoms with van der Waals surface area (Å²) in [6.07, 6.45) is 6.27. The van der Waals surface area contributed by atoms with Crippen LogP contribution in [0.3, 0.4) is 0 Å². The fourth-order valence-electron chi connectivity index (χ4n) is 7.04. The molecular formula is C38H60BrFN6O5Si2. The highest BCUT2D eigenvalue weighted by atomic mass is 79.9. The van der Waals surface area contributed by atoms with Gasteiger partial charge in [0, 0.05) is 64.7 Å². The van der Waals surface area contributed by atoms with Gasteiger partial charge in [-0.15, -0.1) is 0 Å². The second kappa shape index (κ2) is 16.0. The number of piperidine rings is 1. The first-order valence-electron chi connectivity index (χ1n) is 18.9. The zero-order chi connectivity index (χ0) is 39.1. The zero-order valence-electron chi connectivity index (χ0n) is 33.6. The molecule has 0 unspecified atom stereocenters. The van der Waals surface area contributed by atoms with Crippen LogP contribution in [0.2, 0.25) is 51.4 Å². The number of anilines is 1. The summed E-state index contributed by atoms with van der Waals surface area (Å²) in [6.45, 7) is 24.6. The highest BCUT2D eigenvalue weighted by Crippen LogP contribution is 2.47. The molecule has 3 aromatic heterocycles. The van der Waals surface area contributed by atoms with Crippen molar-refractivity contribution in [1.29, 1.82) is 0 Å². The van der Waals surface area contributed by atoms with Crippen molar-refractivity contribution in [2.75, 3.05) is 31.6 Å². The van der Waals surface area contributed by atoms with Gasteiger partial charge in [-0.1, -0.05) is 39.3 Å². The molecule has 0 aliphatic carbocycles. The lowest BCUT2D eigenvalue weighted by molar-refractivity contribution is 0.00565. The second-order valence-electron chi connectivity index (χ2n) is 18.7. The van der Waals surface area contributed by atoms with Crippen LogP contribution in [0.5, 0.6) is 0 Å². The van der Waals surface area contributed by atoms with Gasteiger partial charge >= 0.3 is 6.09 Å². The van der Waals surface area contributed by atoms with Gasteiger partial charge in [-0.3, -0.25) is 4.98 Å². The molecule has 3 atom stereocenters. The molecule has 5 rings (SSSR count). The van der Waals surface area contributed by atoms with Gasteiger partial charge in [0.1, 0.15) is 36.2 Å². The number of hydrogen-bond donors (Lipinski definition) is 1. The van der Waals surface area contributed by atoms with Crippen LogP contribution in [-0.4, -0.2) is 96.2 Å². The van der Waals surface area contributed by atoms with E-state index in [2.05, 4.69) is 65.1 Å². The van der Waals surface area contributed by atoms with Crippen LogP contribution in [0.15, 0.2) is 22.9 Å². The lowest BCUT2D eigenvalue weighted by Crippen LogP contribution is -2.48. The molecule has 2 fully saturated rings. The Kier molecular flexibility index (Phi) is 12.6. The van der Waals surface area contributed by atoms with Gasteiger partial charge in [-0.25, -0.2) is 14.2 Å². The number of pyridine rings is 1. The number of fused-ring (bicyclic) bond motifs is 3. The number of aromatic nitrogens is 4. The van der Waals surface area contributed by atoms with Gasteiger partial charge in [-0.2, -0.15) is 9.61 Å². The van der Waals surface area contributed by atoms with Crippen molar-refractivity contribution in [2.45, 2.75) is 141 Å². The number of carbonyl (C=O) groups is 1. The monoisotopic (exact) mass is 834 g/mol. The Balaban J connectivity index is 1.59. The molecule has 294 valence electrons. The van der Waals surface area contributed by atoms with E-state index in [-0.39, 0.29) is 43.3 Å². The van der Waals surface area contributed by atoms with E-state index in [1.165, 1.54) is 19.9 Å². The summed E-state index contributed by atoms with van der Waals surface area (Å²) in [7, 11) is -2.66. The molecule has 0 aromatic carbocycles. The number of nitrogens with zero attached hydrogens (tertiary/aromatic N) is 6. The van der Waals surface area contributed by atoms with Crippen LogP contribution < -0.4 is 4.90 Å². The first kappa shape index (κ1) is 41.7. The van der Waals surface area contributed by atoms with Crippen molar-refractivity contribution in [3.63, 3.8) is 0 Å². The Hall–Kier alpha value is -2.44. The summed E-state index contributed by atoms with van der Waals surface area (Å²) in [5.41, 5.74) is 0.472. The molecule has 1 N–H and O–H groups in total. The third-order valence-electron chi connectivity index (χ3n) is 9.83. The van der Waals surface area contributed by atoms with Crippen LogP contribution >= 0.6 is 15.9 Å². The molecule has 0 spiro atoms.